The summed E-state index contributed by atoms with van der Waals surface area (Å²) in [4.78, 5) is 28.6. The van der Waals surface area contributed by atoms with Crippen LogP contribution < -0.4 is 0 Å². The molecule has 0 radical (unpaired) electrons. The van der Waals surface area contributed by atoms with Crippen molar-refractivity contribution in [3.05, 3.63) is 130 Å². The molecule has 6 unspecified atom stereocenters. The molecule has 4 aliphatic heterocycles. The van der Waals surface area contributed by atoms with Crippen LogP contribution in [0.25, 0.3) is 0 Å². The van der Waals surface area contributed by atoms with E-state index in [1.165, 1.54) is 22.3 Å². The van der Waals surface area contributed by atoms with Crippen molar-refractivity contribution in [2.75, 3.05) is 13.2 Å². The minimum Gasteiger partial charge on any atom is -0.474 e. The minimum atomic E-state index is 0.0672. The molecule has 6 atom stereocenters. The van der Waals surface area contributed by atoms with Crippen LogP contribution in [0.4, 0.5) is 0 Å². The van der Waals surface area contributed by atoms with Gasteiger partial charge in [-0.3, -0.25) is 0 Å². The predicted molar refractivity (Wildman–Crippen MR) is 209 cm³/mol. The molecule has 4 aromatic rings. The number of aliphatic imine (C=N–C) groups is 4. The highest BCUT2D eigenvalue weighted by molar-refractivity contribution is 5.98. The molecule has 54 heavy (non-hydrogen) atoms. The Balaban J connectivity index is 0.000000147. The highest BCUT2D eigenvalue weighted by Crippen LogP contribution is 2.42. The first-order chi connectivity index (χ1) is 26.0. The van der Waals surface area contributed by atoms with Crippen molar-refractivity contribution in [2.45, 2.75) is 90.8 Å². The number of benzene rings is 2. The van der Waals surface area contributed by atoms with Gasteiger partial charge in [-0.25, -0.2) is 29.9 Å². The van der Waals surface area contributed by atoms with Crippen LogP contribution in [-0.4, -0.2) is 71.1 Å². The summed E-state index contributed by atoms with van der Waals surface area (Å²) in [7, 11) is 0. The summed E-state index contributed by atoms with van der Waals surface area (Å²) in [6.07, 6.45) is 1.93. The molecule has 0 N–H and O–H groups in total. The molecule has 0 bridgehead atoms. The van der Waals surface area contributed by atoms with Gasteiger partial charge in [0.15, 0.2) is 0 Å². The molecule has 10 rings (SSSR count). The molecule has 0 saturated heterocycles. The highest BCUT2D eigenvalue weighted by Gasteiger charge is 2.42. The van der Waals surface area contributed by atoms with Crippen molar-refractivity contribution in [3.63, 3.8) is 0 Å². The Morgan fingerprint density at radius 2 is 0.852 bits per heavy atom. The molecule has 6 aliphatic rings. The summed E-state index contributed by atoms with van der Waals surface area (Å²) >= 11 is 0. The minimum absolute atomic E-state index is 0.0672. The summed E-state index contributed by atoms with van der Waals surface area (Å²) in [5.74, 6) is 2.46. The van der Waals surface area contributed by atoms with Gasteiger partial charge in [0.05, 0.1) is 12.1 Å². The van der Waals surface area contributed by atoms with E-state index in [1.54, 1.807) is 0 Å². The van der Waals surface area contributed by atoms with Gasteiger partial charge in [-0.05, 0) is 57.3 Å². The zero-order chi connectivity index (χ0) is 37.2. The van der Waals surface area contributed by atoms with Gasteiger partial charge in [0, 0.05) is 12.8 Å². The Bertz CT molecular complexity index is 2080. The largest absolute Gasteiger partial charge is 0.474 e. The van der Waals surface area contributed by atoms with E-state index < -0.39 is 0 Å². The fourth-order valence-electron chi connectivity index (χ4n) is 7.71. The van der Waals surface area contributed by atoms with Gasteiger partial charge in [0.25, 0.3) is 0 Å². The number of aromatic nitrogens is 2. The number of hydrogen-bond donors (Lipinski definition) is 0. The van der Waals surface area contributed by atoms with Crippen LogP contribution in [0.3, 0.4) is 0 Å². The lowest BCUT2D eigenvalue weighted by molar-refractivity contribution is 0.205. The average molecular weight is 723 g/mol. The van der Waals surface area contributed by atoms with Gasteiger partial charge in [-0.15, -0.1) is 0 Å². The lowest BCUT2D eigenvalue weighted by Gasteiger charge is -2.21. The first-order valence-electron chi connectivity index (χ1n) is 19.0. The third kappa shape index (κ3) is 6.45. The second-order valence-electron chi connectivity index (χ2n) is 16.9. The number of nitrogens with zero attached hydrogens (tertiary/aromatic N) is 6. The van der Waals surface area contributed by atoms with E-state index in [2.05, 4.69) is 95.1 Å². The molecular weight excluding hydrogens is 677 g/mol. The fourth-order valence-corrected chi connectivity index (χ4v) is 7.71. The SMILES string of the molecule is CC(C)(C)C1COC(c2cccc(C3=NC(C(C)(C)C)CO3)n2)=N1.c1cc(C2=NC3c4ccccc4CC3O2)nc(C2=NC3c4ccccc4CC3O2)c1. The maximum atomic E-state index is 6.20. The van der Waals surface area contributed by atoms with Crippen LogP contribution in [-0.2, 0) is 31.8 Å². The van der Waals surface area contributed by atoms with Crippen LogP contribution in [0.15, 0.2) is 105 Å². The maximum Gasteiger partial charge on any atom is 0.236 e. The molecule has 0 spiro atoms. The monoisotopic (exact) mass is 722 g/mol. The normalized spacial score (nSPS) is 26.0. The average Bonchev–Trinajstić information content (AvgIpc) is 4.01. The first-order valence-corrected chi connectivity index (χ1v) is 19.0. The van der Waals surface area contributed by atoms with Crippen LogP contribution in [0.1, 0.15) is 98.7 Å². The van der Waals surface area contributed by atoms with E-state index >= 15 is 0 Å². The molecular formula is C44H46N6O4. The standard InChI is InChI=1S/C25H19N3O2.C19H27N3O2/c1-3-8-16-14(6-1)12-20-22(16)27-24(29-20)18-10-5-11-19(26-18)25-28-23-17-9-4-2-7-15(17)13-21(23)30-25;1-18(2,3)14-10-23-16(21-14)12-8-7-9-13(20-12)17-22-15(11-24-17)19(4,5)6/h1-11,20-23H,12-13H2;7-9,14-15H,10-11H2,1-6H3. The van der Waals surface area contributed by atoms with Crippen molar-refractivity contribution < 1.29 is 18.9 Å². The first kappa shape index (κ1) is 34.4. The highest BCUT2D eigenvalue weighted by atomic mass is 16.5. The van der Waals surface area contributed by atoms with Crippen LogP contribution in [0.2, 0.25) is 0 Å². The summed E-state index contributed by atoms with van der Waals surface area (Å²) in [5.41, 5.74) is 8.32. The second kappa shape index (κ2) is 13.2. The van der Waals surface area contributed by atoms with E-state index in [9.17, 15) is 0 Å². The molecule has 0 amide bonds. The predicted octanol–water partition coefficient (Wildman–Crippen LogP) is 7.43. The second-order valence-corrected chi connectivity index (χ2v) is 16.9. The lowest BCUT2D eigenvalue weighted by atomic mass is 9.88. The Labute approximate surface area is 316 Å². The van der Waals surface area contributed by atoms with E-state index in [0.717, 1.165) is 35.6 Å². The zero-order valence-corrected chi connectivity index (χ0v) is 31.7. The van der Waals surface area contributed by atoms with Gasteiger partial charge >= 0.3 is 0 Å². The van der Waals surface area contributed by atoms with Gasteiger partial charge in [-0.2, -0.15) is 0 Å². The maximum absolute atomic E-state index is 6.20. The number of pyridine rings is 2. The van der Waals surface area contributed by atoms with Crippen LogP contribution >= 0.6 is 0 Å². The molecule has 0 saturated carbocycles. The zero-order valence-electron chi connectivity index (χ0n) is 31.7. The Morgan fingerprint density at radius 3 is 1.24 bits per heavy atom. The summed E-state index contributed by atoms with van der Waals surface area (Å²) < 4.78 is 24.0. The molecule has 10 nitrogen and oxygen atoms in total. The summed E-state index contributed by atoms with van der Waals surface area (Å²) in [5, 5.41) is 0. The molecule has 10 heteroatoms. The number of hydrogen-bond acceptors (Lipinski definition) is 10. The molecule has 6 heterocycles. The van der Waals surface area contributed by atoms with Gasteiger partial charge in [-0.1, -0.05) is 102 Å². The van der Waals surface area contributed by atoms with Crippen LogP contribution in [0.5, 0.6) is 0 Å². The van der Waals surface area contributed by atoms with Crippen molar-refractivity contribution in [1.29, 1.82) is 0 Å². The number of fused-ring (bicyclic) bond motifs is 6. The Morgan fingerprint density at radius 1 is 0.463 bits per heavy atom. The third-order valence-electron chi connectivity index (χ3n) is 11.0. The molecule has 2 aromatic carbocycles. The fraction of sp³-hybridized carbons (Fsp3) is 0.409. The summed E-state index contributed by atoms with van der Waals surface area (Å²) in [6, 6.07) is 29.0. The van der Waals surface area contributed by atoms with Crippen molar-refractivity contribution in [3.8, 4) is 0 Å². The molecule has 2 aliphatic carbocycles. The van der Waals surface area contributed by atoms with Crippen molar-refractivity contribution >= 4 is 23.6 Å². The third-order valence-corrected chi connectivity index (χ3v) is 11.0. The molecule has 276 valence electrons. The topological polar surface area (TPSA) is 112 Å². The van der Waals surface area contributed by atoms with E-state index in [1.807, 2.05) is 36.4 Å². The number of rotatable bonds is 4. The molecule has 2 aromatic heterocycles. The molecule has 0 fully saturated rings. The van der Waals surface area contributed by atoms with E-state index in [4.69, 9.17) is 43.9 Å². The Hall–Kier alpha value is -5.38. The van der Waals surface area contributed by atoms with Crippen LogP contribution in [0, 0.1) is 10.8 Å². The number of ether oxygens (including phenoxy) is 4. The smallest absolute Gasteiger partial charge is 0.236 e. The van der Waals surface area contributed by atoms with Crippen molar-refractivity contribution in [2.24, 2.45) is 30.8 Å². The van der Waals surface area contributed by atoms with Gasteiger partial charge in [0.1, 0.15) is 60.3 Å². The van der Waals surface area contributed by atoms with Crippen molar-refractivity contribution in [1.82, 2.24) is 9.97 Å². The Kier molecular flexibility index (Phi) is 8.39. The van der Waals surface area contributed by atoms with E-state index in [-0.39, 0.29) is 47.2 Å². The van der Waals surface area contributed by atoms with Gasteiger partial charge in [0.2, 0.25) is 23.6 Å². The quantitative estimate of drug-likeness (QED) is 0.217. The van der Waals surface area contributed by atoms with Gasteiger partial charge < -0.3 is 18.9 Å². The van der Waals surface area contributed by atoms with E-state index in [0.29, 0.717) is 36.8 Å². The lowest BCUT2D eigenvalue weighted by Crippen LogP contribution is -2.25. The summed E-state index contributed by atoms with van der Waals surface area (Å²) in [6.45, 7) is 14.2.